The van der Waals surface area contributed by atoms with Gasteiger partial charge in [-0.15, -0.1) is 0 Å². The predicted molar refractivity (Wildman–Crippen MR) is 160 cm³/mol. The van der Waals surface area contributed by atoms with Gasteiger partial charge in [0.2, 0.25) is 5.91 Å². The molecule has 0 heterocycles. The summed E-state index contributed by atoms with van der Waals surface area (Å²) in [5, 5.41) is 5.87. The lowest BCUT2D eigenvalue weighted by Gasteiger charge is -2.43. The van der Waals surface area contributed by atoms with E-state index < -0.39 is 23.8 Å². The van der Waals surface area contributed by atoms with Crippen molar-refractivity contribution < 1.29 is 19.1 Å². The van der Waals surface area contributed by atoms with E-state index in [1.54, 1.807) is 43.5 Å². The van der Waals surface area contributed by atoms with Gasteiger partial charge in [0.05, 0.1) is 0 Å². The Kier molecular flexibility index (Phi) is 10.6. The monoisotopic (exact) mass is 551 g/mol. The van der Waals surface area contributed by atoms with E-state index in [0.717, 1.165) is 30.4 Å². The molecule has 0 bridgehead atoms. The Labute approximate surface area is 236 Å². The molecule has 2 N–H and O–H groups in total. The second-order valence-corrected chi connectivity index (χ2v) is 11.9. The summed E-state index contributed by atoms with van der Waals surface area (Å²) in [6.07, 6.45) is 6.01. The Morgan fingerprint density at radius 3 is 2.46 bits per heavy atom. The van der Waals surface area contributed by atoms with Gasteiger partial charge in [0.25, 0.3) is 5.91 Å². The van der Waals surface area contributed by atoms with Crippen LogP contribution >= 0.6 is 11.8 Å². The fraction of sp³-hybridized carbons (Fsp3) is 0.452. The Balaban J connectivity index is 2.04. The molecule has 1 aliphatic rings. The van der Waals surface area contributed by atoms with Gasteiger partial charge in [-0.1, -0.05) is 49.1 Å². The summed E-state index contributed by atoms with van der Waals surface area (Å²) in [5.74, 6) is 0.0803. The third kappa shape index (κ3) is 8.36. The number of hydrogen-bond donors (Lipinski definition) is 2. The molecule has 2 aromatic rings. The first kappa shape index (κ1) is 30.3. The van der Waals surface area contributed by atoms with Crippen molar-refractivity contribution >= 4 is 41.4 Å². The van der Waals surface area contributed by atoms with Gasteiger partial charge in [0.15, 0.2) is 0 Å². The number of amides is 3. The number of alkyl carbamates (subject to hydrolysis) is 1. The molecule has 1 saturated carbocycles. The van der Waals surface area contributed by atoms with Crippen molar-refractivity contribution in [3.8, 4) is 0 Å². The first-order valence-electron chi connectivity index (χ1n) is 13.4. The average Bonchev–Trinajstić information content (AvgIpc) is 2.85. The number of nitrogens with zero attached hydrogens (tertiary/aromatic N) is 1. The molecule has 0 spiro atoms. The third-order valence-electron chi connectivity index (χ3n) is 6.71. The highest BCUT2D eigenvalue weighted by Gasteiger charge is 2.42. The number of ether oxygens (including phenoxy) is 1. The third-order valence-corrected chi connectivity index (χ3v) is 7.36. The molecule has 2 aromatic carbocycles. The zero-order chi connectivity index (χ0) is 28.6. The Morgan fingerprint density at radius 2 is 1.87 bits per heavy atom. The molecule has 0 saturated heterocycles. The molecule has 3 rings (SSSR count). The van der Waals surface area contributed by atoms with Crippen LogP contribution in [0.15, 0.2) is 55.1 Å². The molecule has 2 unspecified atom stereocenters. The van der Waals surface area contributed by atoms with Crippen molar-refractivity contribution in [1.82, 2.24) is 10.2 Å². The highest BCUT2D eigenvalue weighted by Crippen LogP contribution is 2.35. The fourth-order valence-electron chi connectivity index (χ4n) is 4.51. The minimum absolute atomic E-state index is 0.116. The number of aryl methyl sites for hydroxylation is 1. The van der Waals surface area contributed by atoms with Crippen LogP contribution < -0.4 is 10.6 Å². The molecular formula is C31H41N3O4S. The molecule has 0 radical (unpaired) electrons. The molecule has 2 atom stereocenters. The summed E-state index contributed by atoms with van der Waals surface area (Å²) in [5.41, 5.74) is 2.47. The van der Waals surface area contributed by atoms with Crippen LogP contribution in [-0.4, -0.2) is 52.5 Å². The van der Waals surface area contributed by atoms with Crippen LogP contribution in [0.2, 0.25) is 0 Å². The summed E-state index contributed by atoms with van der Waals surface area (Å²) < 4.78 is 5.48. The Morgan fingerprint density at radius 1 is 1.15 bits per heavy atom. The largest absolute Gasteiger partial charge is 0.444 e. The van der Waals surface area contributed by atoms with Crippen molar-refractivity contribution in [1.29, 1.82) is 0 Å². The SMILES string of the molecule is C=Cc1cccc(C(C(=O)Nc2ccccc2C)N(C(=O)C(CCSC)NC(=O)OC(C)(C)C)C2CCC2)c1. The highest BCUT2D eigenvalue weighted by atomic mass is 32.2. The lowest BCUT2D eigenvalue weighted by atomic mass is 9.87. The second kappa shape index (κ2) is 13.7. The highest BCUT2D eigenvalue weighted by molar-refractivity contribution is 7.98. The van der Waals surface area contributed by atoms with Gasteiger partial charge in [-0.05, 0) is 94.2 Å². The quantitative estimate of drug-likeness (QED) is 0.340. The summed E-state index contributed by atoms with van der Waals surface area (Å²) in [7, 11) is 0. The van der Waals surface area contributed by atoms with Crippen molar-refractivity contribution in [3.05, 3.63) is 71.8 Å². The smallest absolute Gasteiger partial charge is 0.408 e. The zero-order valence-corrected chi connectivity index (χ0v) is 24.5. The van der Waals surface area contributed by atoms with Crippen molar-refractivity contribution in [3.63, 3.8) is 0 Å². The molecular weight excluding hydrogens is 510 g/mol. The maximum atomic E-state index is 14.3. The van der Waals surface area contributed by atoms with E-state index >= 15 is 0 Å². The number of carbonyl (C=O) groups excluding carboxylic acids is 3. The van der Waals surface area contributed by atoms with Crippen LogP contribution in [-0.2, 0) is 14.3 Å². The van der Waals surface area contributed by atoms with Crippen molar-refractivity contribution in [2.45, 2.75) is 77.1 Å². The van der Waals surface area contributed by atoms with E-state index in [1.165, 1.54) is 0 Å². The maximum Gasteiger partial charge on any atom is 0.408 e. The topological polar surface area (TPSA) is 87.7 Å². The van der Waals surface area contributed by atoms with E-state index in [0.29, 0.717) is 23.4 Å². The van der Waals surface area contributed by atoms with Gasteiger partial charge in [0, 0.05) is 11.7 Å². The van der Waals surface area contributed by atoms with E-state index in [-0.39, 0.29) is 17.9 Å². The van der Waals surface area contributed by atoms with Crippen molar-refractivity contribution in [2.24, 2.45) is 0 Å². The van der Waals surface area contributed by atoms with Crippen LogP contribution in [0.1, 0.15) is 69.2 Å². The van der Waals surface area contributed by atoms with Gasteiger partial charge in [-0.2, -0.15) is 11.8 Å². The number of para-hydroxylation sites is 1. The molecule has 0 aromatic heterocycles. The summed E-state index contributed by atoms with van der Waals surface area (Å²) in [6.45, 7) is 11.2. The number of benzene rings is 2. The summed E-state index contributed by atoms with van der Waals surface area (Å²) >= 11 is 1.59. The van der Waals surface area contributed by atoms with Crippen molar-refractivity contribution in [2.75, 3.05) is 17.3 Å². The number of rotatable bonds is 11. The van der Waals surface area contributed by atoms with Gasteiger partial charge >= 0.3 is 6.09 Å². The fourth-order valence-corrected chi connectivity index (χ4v) is 4.99. The molecule has 7 nitrogen and oxygen atoms in total. The minimum atomic E-state index is -0.889. The standard InChI is InChI=1S/C31H41N3O4S/c1-7-22-13-10-14-23(20-22)27(28(35)32-25-17-9-8-12-21(25)2)34(24-15-11-16-24)29(36)26(18-19-39-6)33-30(37)38-31(3,4)5/h7-10,12-14,17,20,24,26-27H,1,11,15-16,18-19H2,2-6H3,(H,32,35)(H,33,37). The first-order chi connectivity index (χ1) is 18.5. The van der Waals surface area contributed by atoms with E-state index in [1.807, 2.05) is 61.7 Å². The lowest BCUT2D eigenvalue weighted by molar-refractivity contribution is -0.145. The average molecular weight is 552 g/mol. The summed E-state index contributed by atoms with van der Waals surface area (Å²) in [6, 6.07) is 13.3. The van der Waals surface area contributed by atoms with E-state index in [2.05, 4.69) is 17.2 Å². The van der Waals surface area contributed by atoms with E-state index in [4.69, 9.17) is 4.74 Å². The second-order valence-electron chi connectivity index (χ2n) is 10.9. The molecule has 3 amide bonds. The lowest BCUT2D eigenvalue weighted by Crippen LogP contribution is -2.57. The number of anilines is 1. The molecule has 0 aliphatic heterocycles. The number of carbonyl (C=O) groups is 3. The molecule has 8 heteroatoms. The Hall–Kier alpha value is -3.26. The van der Waals surface area contributed by atoms with Gasteiger partial charge in [0.1, 0.15) is 17.7 Å². The molecule has 39 heavy (non-hydrogen) atoms. The van der Waals surface area contributed by atoms with Crippen LogP contribution in [0.4, 0.5) is 10.5 Å². The van der Waals surface area contributed by atoms with Gasteiger partial charge in [-0.3, -0.25) is 9.59 Å². The van der Waals surface area contributed by atoms with Crippen LogP contribution in [0.3, 0.4) is 0 Å². The van der Waals surface area contributed by atoms with Gasteiger partial charge in [-0.25, -0.2) is 4.79 Å². The summed E-state index contributed by atoms with van der Waals surface area (Å²) in [4.78, 5) is 42.8. The normalized spacial score (nSPS) is 14.9. The number of nitrogens with one attached hydrogen (secondary N) is 2. The maximum absolute atomic E-state index is 14.3. The van der Waals surface area contributed by atoms with Crippen LogP contribution in [0.25, 0.3) is 6.08 Å². The zero-order valence-electron chi connectivity index (χ0n) is 23.7. The first-order valence-corrected chi connectivity index (χ1v) is 14.8. The molecule has 1 fully saturated rings. The molecule has 210 valence electrons. The van der Waals surface area contributed by atoms with Crippen LogP contribution in [0.5, 0.6) is 0 Å². The molecule has 1 aliphatic carbocycles. The van der Waals surface area contributed by atoms with E-state index in [9.17, 15) is 14.4 Å². The van der Waals surface area contributed by atoms with Crippen LogP contribution in [0, 0.1) is 6.92 Å². The predicted octanol–water partition coefficient (Wildman–Crippen LogP) is 6.35. The number of hydrogen-bond acceptors (Lipinski definition) is 5. The minimum Gasteiger partial charge on any atom is -0.444 e. The number of thioether (sulfide) groups is 1. The Bertz CT molecular complexity index is 1170. The van der Waals surface area contributed by atoms with Gasteiger partial charge < -0.3 is 20.3 Å².